The summed E-state index contributed by atoms with van der Waals surface area (Å²) >= 11 is 0. The van der Waals surface area contributed by atoms with Gasteiger partial charge in [-0.1, -0.05) is 0 Å². The molecule has 0 aromatic carbocycles. The minimum atomic E-state index is -0.0822. The molecule has 0 aliphatic carbocycles. The first-order valence-corrected chi connectivity index (χ1v) is 7.12. The number of hydrogen-bond donors (Lipinski definition) is 2. The molecule has 5 rings (SSSR count). The number of carbonyl (C=O) groups excluding carboxylic acids is 1. The number of piperidine rings is 3. The van der Waals surface area contributed by atoms with Gasteiger partial charge in [-0.3, -0.25) is 14.9 Å². The molecule has 2 aromatic heterocycles. The van der Waals surface area contributed by atoms with Crippen molar-refractivity contribution in [3.05, 3.63) is 24.2 Å². The summed E-state index contributed by atoms with van der Waals surface area (Å²) in [6, 6.07) is 2.09. The Bertz CT molecular complexity index is 644. The van der Waals surface area contributed by atoms with Crippen LogP contribution in [0.25, 0.3) is 10.9 Å². The fourth-order valence-corrected chi connectivity index (χ4v) is 3.40. The van der Waals surface area contributed by atoms with Crippen LogP contribution >= 0.6 is 0 Å². The van der Waals surface area contributed by atoms with E-state index in [0.29, 0.717) is 11.6 Å². The molecule has 6 heteroatoms. The van der Waals surface area contributed by atoms with Crippen LogP contribution in [0.4, 0.5) is 0 Å². The Kier molecular flexibility index (Phi) is 2.70. The smallest absolute Gasteiger partial charge is 0.272 e. The van der Waals surface area contributed by atoms with E-state index >= 15 is 0 Å². The number of rotatable bonds is 2. The monoisotopic (exact) mass is 271 g/mol. The molecule has 6 nitrogen and oxygen atoms in total. The van der Waals surface area contributed by atoms with Crippen LogP contribution in [0.1, 0.15) is 23.3 Å². The van der Waals surface area contributed by atoms with E-state index in [4.69, 9.17) is 0 Å². The summed E-state index contributed by atoms with van der Waals surface area (Å²) in [5.41, 5.74) is 1.27. The molecule has 0 spiro atoms. The summed E-state index contributed by atoms with van der Waals surface area (Å²) in [5.74, 6) is 0.539. The van der Waals surface area contributed by atoms with Gasteiger partial charge in [0.1, 0.15) is 0 Å². The lowest BCUT2D eigenvalue weighted by Crippen LogP contribution is -2.57. The van der Waals surface area contributed by atoms with Crippen molar-refractivity contribution in [2.75, 3.05) is 19.6 Å². The number of aromatic nitrogens is 3. The van der Waals surface area contributed by atoms with Crippen LogP contribution in [-0.4, -0.2) is 51.7 Å². The highest BCUT2D eigenvalue weighted by Crippen LogP contribution is 2.27. The van der Waals surface area contributed by atoms with Gasteiger partial charge in [0.25, 0.3) is 5.91 Å². The van der Waals surface area contributed by atoms with Crippen LogP contribution < -0.4 is 5.32 Å². The van der Waals surface area contributed by atoms with Crippen LogP contribution in [0.3, 0.4) is 0 Å². The van der Waals surface area contributed by atoms with Crippen molar-refractivity contribution < 1.29 is 4.79 Å². The molecule has 3 saturated heterocycles. The maximum atomic E-state index is 12.4. The highest BCUT2D eigenvalue weighted by molar-refractivity contribution is 6.04. The number of H-pyrrole nitrogens is 1. The number of pyridine rings is 1. The summed E-state index contributed by atoms with van der Waals surface area (Å²) in [6.45, 7) is 3.32. The van der Waals surface area contributed by atoms with Crippen molar-refractivity contribution >= 4 is 16.8 Å². The normalized spacial score (nSPS) is 28.7. The van der Waals surface area contributed by atoms with Gasteiger partial charge in [0.2, 0.25) is 0 Å². The SMILES string of the molecule is O=C(NC1CN2CCC1CC2)c1n[nH]c2cnccc12. The predicted molar refractivity (Wildman–Crippen MR) is 74.3 cm³/mol. The lowest BCUT2D eigenvalue weighted by Gasteiger charge is -2.44. The van der Waals surface area contributed by atoms with Gasteiger partial charge >= 0.3 is 0 Å². The Morgan fingerprint density at radius 3 is 3.00 bits per heavy atom. The fourth-order valence-electron chi connectivity index (χ4n) is 3.40. The first kappa shape index (κ1) is 11.8. The van der Waals surface area contributed by atoms with Crippen LogP contribution in [0.15, 0.2) is 18.5 Å². The van der Waals surface area contributed by atoms with Crippen molar-refractivity contribution in [2.24, 2.45) is 5.92 Å². The second-order valence-electron chi connectivity index (χ2n) is 5.71. The van der Waals surface area contributed by atoms with Gasteiger partial charge in [-0.2, -0.15) is 5.10 Å². The molecule has 3 aliphatic rings. The minimum Gasteiger partial charge on any atom is -0.346 e. The highest BCUT2D eigenvalue weighted by atomic mass is 16.2. The average molecular weight is 271 g/mol. The molecule has 2 bridgehead atoms. The third-order valence-corrected chi connectivity index (χ3v) is 4.55. The maximum absolute atomic E-state index is 12.4. The van der Waals surface area contributed by atoms with Crippen molar-refractivity contribution in [1.29, 1.82) is 0 Å². The third-order valence-electron chi connectivity index (χ3n) is 4.55. The van der Waals surface area contributed by atoms with Crippen LogP contribution in [0, 0.1) is 5.92 Å². The van der Waals surface area contributed by atoms with Gasteiger partial charge in [0.05, 0.1) is 11.7 Å². The van der Waals surface area contributed by atoms with E-state index in [1.54, 1.807) is 12.4 Å². The molecule has 1 atom stereocenters. The number of aromatic amines is 1. The molecular formula is C14H17N5O. The number of hydrogen-bond acceptors (Lipinski definition) is 4. The first-order chi connectivity index (χ1) is 9.81. The van der Waals surface area contributed by atoms with E-state index in [9.17, 15) is 4.79 Å². The predicted octanol–water partition coefficient (Wildman–Crippen LogP) is 0.782. The molecule has 0 saturated carbocycles. The quantitative estimate of drug-likeness (QED) is 0.846. The maximum Gasteiger partial charge on any atom is 0.272 e. The molecule has 2 aromatic rings. The Labute approximate surface area is 116 Å². The van der Waals surface area contributed by atoms with Crippen molar-refractivity contribution in [1.82, 2.24) is 25.4 Å². The molecule has 20 heavy (non-hydrogen) atoms. The highest BCUT2D eigenvalue weighted by Gasteiger charge is 2.35. The summed E-state index contributed by atoms with van der Waals surface area (Å²) in [4.78, 5) is 18.9. The zero-order valence-corrected chi connectivity index (χ0v) is 11.2. The number of carbonyl (C=O) groups is 1. The molecule has 1 amide bonds. The topological polar surface area (TPSA) is 73.9 Å². The van der Waals surface area contributed by atoms with Crippen molar-refractivity contribution in [3.63, 3.8) is 0 Å². The third kappa shape index (κ3) is 1.87. The number of nitrogens with one attached hydrogen (secondary N) is 2. The largest absolute Gasteiger partial charge is 0.346 e. The summed E-state index contributed by atoms with van der Waals surface area (Å²) in [5, 5.41) is 11.0. The van der Waals surface area contributed by atoms with E-state index in [1.807, 2.05) is 6.07 Å². The second kappa shape index (κ2) is 4.56. The van der Waals surface area contributed by atoms with Gasteiger partial charge in [0.15, 0.2) is 5.69 Å². The molecule has 3 fully saturated rings. The fraction of sp³-hybridized carbons (Fsp3) is 0.500. The molecule has 2 N–H and O–H groups in total. The van der Waals surface area contributed by atoms with E-state index in [2.05, 4.69) is 25.4 Å². The zero-order valence-electron chi connectivity index (χ0n) is 11.2. The molecule has 0 radical (unpaired) electrons. The van der Waals surface area contributed by atoms with Crippen LogP contribution in [0.5, 0.6) is 0 Å². The Hall–Kier alpha value is -1.95. The molecule has 1 unspecified atom stereocenters. The minimum absolute atomic E-state index is 0.0822. The van der Waals surface area contributed by atoms with Gasteiger partial charge < -0.3 is 10.2 Å². The molecule has 5 heterocycles. The van der Waals surface area contributed by atoms with Crippen LogP contribution in [0.2, 0.25) is 0 Å². The van der Waals surface area contributed by atoms with E-state index in [0.717, 1.165) is 17.4 Å². The summed E-state index contributed by atoms with van der Waals surface area (Å²) in [6.07, 6.45) is 5.75. The summed E-state index contributed by atoms with van der Waals surface area (Å²) in [7, 11) is 0. The van der Waals surface area contributed by atoms with Gasteiger partial charge in [-0.15, -0.1) is 0 Å². The first-order valence-electron chi connectivity index (χ1n) is 7.12. The second-order valence-corrected chi connectivity index (χ2v) is 5.71. The van der Waals surface area contributed by atoms with Crippen LogP contribution in [-0.2, 0) is 0 Å². The molecular weight excluding hydrogens is 254 g/mol. The van der Waals surface area contributed by atoms with E-state index in [-0.39, 0.29) is 11.9 Å². The average Bonchev–Trinajstić information content (AvgIpc) is 2.92. The Morgan fingerprint density at radius 2 is 2.25 bits per heavy atom. The van der Waals surface area contributed by atoms with Gasteiger partial charge in [-0.05, 0) is 37.9 Å². The van der Waals surface area contributed by atoms with Gasteiger partial charge in [-0.25, -0.2) is 0 Å². The Morgan fingerprint density at radius 1 is 1.40 bits per heavy atom. The lowest BCUT2D eigenvalue weighted by atomic mass is 9.84. The zero-order chi connectivity index (χ0) is 13.5. The Balaban J connectivity index is 1.56. The van der Waals surface area contributed by atoms with Gasteiger partial charge in [0, 0.05) is 24.2 Å². The summed E-state index contributed by atoms with van der Waals surface area (Å²) < 4.78 is 0. The number of nitrogens with zero attached hydrogens (tertiary/aromatic N) is 3. The number of fused-ring (bicyclic) bond motifs is 4. The molecule has 3 aliphatic heterocycles. The van der Waals surface area contributed by atoms with Crippen molar-refractivity contribution in [3.8, 4) is 0 Å². The lowest BCUT2D eigenvalue weighted by molar-refractivity contribution is 0.0618. The van der Waals surface area contributed by atoms with Crippen molar-refractivity contribution in [2.45, 2.75) is 18.9 Å². The molecule has 104 valence electrons. The number of amides is 1. The standard InChI is InChI=1S/C14H17N5O/c20-14(13-10-1-4-15-7-11(10)17-18-13)16-12-8-19-5-2-9(12)3-6-19/h1,4,7,9,12H,2-3,5-6,8H2,(H,16,20)(H,17,18). The van der Waals surface area contributed by atoms with E-state index < -0.39 is 0 Å². The van der Waals surface area contributed by atoms with E-state index in [1.165, 1.54) is 25.9 Å².